The van der Waals surface area contributed by atoms with Gasteiger partial charge >= 0.3 is 0 Å². The predicted octanol–water partition coefficient (Wildman–Crippen LogP) is 0.513. The zero-order valence-electron chi connectivity index (χ0n) is 9.81. The average Bonchev–Trinajstić information content (AvgIpc) is 2.28. The Hall–Kier alpha value is -0.990. The van der Waals surface area contributed by atoms with Crippen molar-refractivity contribution in [2.24, 2.45) is 0 Å². The van der Waals surface area contributed by atoms with Crippen LogP contribution < -0.4 is 10.0 Å². The molecule has 18 heavy (non-hydrogen) atoms. The molecule has 1 amide bonds. The van der Waals surface area contributed by atoms with E-state index in [1.54, 1.807) is 19.1 Å². The van der Waals surface area contributed by atoms with Gasteiger partial charge in [-0.1, -0.05) is 6.92 Å². The molecule has 1 aromatic heterocycles. The smallest absolute Gasteiger partial charge is 0.251 e. The first-order valence-electron chi connectivity index (χ1n) is 5.31. The molecule has 0 aliphatic heterocycles. The van der Waals surface area contributed by atoms with Gasteiger partial charge in [0.25, 0.3) is 5.91 Å². The molecule has 0 unspecified atom stereocenters. The number of amides is 1. The number of nitrogens with one attached hydrogen (secondary N) is 2. The fourth-order valence-electron chi connectivity index (χ4n) is 1.24. The Morgan fingerprint density at radius 2 is 2.22 bits per heavy atom. The number of halogens is 1. The lowest BCUT2D eigenvalue weighted by Crippen LogP contribution is -2.34. The zero-order valence-corrected chi connectivity index (χ0v) is 12.2. The lowest BCUT2D eigenvalue weighted by Gasteiger charge is -2.06. The number of hydrogen-bond donors (Lipinski definition) is 2. The van der Waals surface area contributed by atoms with E-state index in [-0.39, 0.29) is 18.2 Å². The second kappa shape index (κ2) is 6.81. The number of nitrogens with zero attached hydrogens (tertiary/aromatic N) is 1. The van der Waals surface area contributed by atoms with Gasteiger partial charge < -0.3 is 5.32 Å². The number of carbonyl (C=O) groups is 1. The highest BCUT2D eigenvalue weighted by atomic mass is 79.9. The third kappa shape index (κ3) is 5.11. The van der Waals surface area contributed by atoms with Gasteiger partial charge in [-0.15, -0.1) is 0 Å². The molecule has 0 bridgehead atoms. The van der Waals surface area contributed by atoms with Gasteiger partial charge in [0.1, 0.15) is 4.60 Å². The SMILES string of the molecule is CCNS(=O)(=O)CCNC(=O)c1ccnc(Br)c1. The van der Waals surface area contributed by atoms with E-state index in [4.69, 9.17) is 0 Å². The monoisotopic (exact) mass is 335 g/mol. The minimum atomic E-state index is -3.30. The van der Waals surface area contributed by atoms with E-state index >= 15 is 0 Å². The molecular formula is C10H14BrN3O3S. The first-order chi connectivity index (χ1) is 8.44. The molecule has 0 saturated heterocycles. The third-order valence-corrected chi connectivity index (χ3v) is 3.91. The fraction of sp³-hybridized carbons (Fsp3) is 0.400. The summed E-state index contributed by atoms with van der Waals surface area (Å²) in [4.78, 5) is 15.6. The van der Waals surface area contributed by atoms with Crippen LogP contribution in [-0.4, -0.2) is 38.2 Å². The molecule has 0 saturated carbocycles. The summed E-state index contributed by atoms with van der Waals surface area (Å²) in [6.45, 7) is 2.10. The van der Waals surface area contributed by atoms with E-state index in [0.717, 1.165) is 0 Å². The maximum atomic E-state index is 11.7. The molecular weight excluding hydrogens is 322 g/mol. The summed E-state index contributed by atoms with van der Waals surface area (Å²) in [5.41, 5.74) is 0.428. The lowest BCUT2D eigenvalue weighted by molar-refractivity contribution is 0.0956. The van der Waals surface area contributed by atoms with Crippen LogP contribution in [0.25, 0.3) is 0 Å². The summed E-state index contributed by atoms with van der Waals surface area (Å²) in [5, 5.41) is 2.53. The Bertz CT molecular complexity index is 519. The summed E-state index contributed by atoms with van der Waals surface area (Å²) in [6.07, 6.45) is 1.49. The van der Waals surface area contributed by atoms with Gasteiger partial charge in [-0.25, -0.2) is 18.1 Å². The molecule has 0 fully saturated rings. The van der Waals surface area contributed by atoms with Crippen molar-refractivity contribution in [2.75, 3.05) is 18.8 Å². The molecule has 1 aromatic rings. The Morgan fingerprint density at radius 1 is 1.50 bits per heavy atom. The largest absolute Gasteiger partial charge is 0.351 e. The third-order valence-electron chi connectivity index (χ3n) is 2.01. The van der Waals surface area contributed by atoms with Crippen LogP contribution >= 0.6 is 15.9 Å². The Kier molecular flexibility index (Phi) is 5.70. The van der Waals surface area contributed by atoms with Gasteiger partial charge in [0.05, 0.1) is 5.75 Å². The predicted molar refractivity (Wildman–Crippen MR) is 71.7 cm³/mol. The van der Waals surface area contributed by atoms with Crippen molar-refractivity contribution >= 4 is 31.9 Å². The lowest BCUT2D eigenvalue weighted by atomic mass is 10.2. The van der Waals surface area contributed by atoms with Gasteiger partial charge in [-0.05, 0) is 28.1 Å². The van der Waals surface area contributed by atoms with E-state index in [1.165, 1.54) is 6.20 Å². The summed E-state index contributed by atoms with van der Waals surface area (Å²) < 4.78 is 25.5. The molecule has 0 radical (unpaired) electrons. The number of sulfonamides is 1. The molecule has 0 aliphatic carbocycles. The summed E-state index contributed by atoms with van der Waals surface area (Å²) in [7, 11) is -3.30. The van der Waals surface area contributed by atoms with Crippen molar-refractivity contribution in [3.8, 4) is 0 Å². The molecule has 0 spiro atoms. The highest BCUT2D eigenvalue weighted by Gasteiger charge is 2.10. The summed E-state index contributed by atoms with van der Waals surface area (Å²) in [6, 6.07) is 3.12. The topological polar surface area (TPSA) is 88.2 Å². The van der Waals surface area contributed by atoms with E-state index < -0.39 is 10.0 Å². The normalized spacial score (nSPS) is 11.2. The van der Waals surface area contributed by atoms with Crippen molar-refractivity contribution in [3.05, 3.63) is 28.5 Å². The van der Waals surface area contributed by atoms with Gasteiger partial charge in [0.2, 0.25) is 10.0 Å². The van der Waals surface area contributed by atoms with Crippen LogP contribution in [-0.2, 0) is 10.0 Å². The van der Waals surface area contributed by atoms with Crippen LogP contribution in [0.1, 0.15) is 17.3 Å². The van der Waals surface area contributed by atoms with Crippen LogP contribution in [0.4, 0.5) is 0 Å². The highest BCUT2D eigenvalue weighted by Crippen LogP contribution is 2.07. The number of aromatic nitrogens is 1. The number of carbonyl (C=O) groups excluding carboxylic acids is 1. The van der Waals surface area contributed by atoms with Crippen LogP contribution in [0.2, 0.25) is 0 Å². The van der Waals surface area contributed by atoms with E-state index in [9.17, 15) is 13.2 Å². The Labute approximate surface area is 114 Å². The minimum absolute atomic E-state index is 0.0636. The van der Waals surface area contributed by atoms with Gasteiger partial charge in [0, 0.05) is 24.8 Å². The first-order valence-corrected chi connectivity index (χ1v) is 7.76. The number of rotatable bonds is 6. The van der Waals surface area contributed by atoms with Crippen molar-refractivity contribution in [3.63, 3.8) is 0 Å². The summed E-state index contributed by atoms with van der Waals surface area (Å²) >= 11 is 3.15. The van der Waals surface area contributed by atoms with E-state index in [2.05, 4.69) is 31.0 Å². The molecule has 100 valence electrons. The molecule has 1 rings (SSSR count). The van der Waals surface area contributed by atoms with Gasteiger partial charge in [-0.2, -0.15) is 0 Å². The second-order valence-electron chi connectivity index (χ2n) is 3.44. The molecule has 0 atom stereocenters. The average molecular weight is 336 g/mol. The molecule has 2 N–H and O–H groups in total. The molecule has 0 aliphatic rings. The van der Waals surface area contributed by atoms with Gasteiger partial charge in [-0.3, -0.25) is 4.79 Å². The van der Waals surface area contributed by atoms with Crippen molar-refractivity contribution in [1.29, 1.82) is 0 Å². The first kappa shape index (κ1) is 15.1. The zero-order chi connectivity index (χ0) is 13.6. The highest BCUT2D eigenvalue weighted by molar-refractivity contribution is 9.10. The van der Waals surface area contributed by atoms with Gasteiger partial charge in [0.15, 0.2) is 0 Å². The second-order valence-corrected chi connectivity index (χ2v) is 6.18. The number of hydrogen-bond acceptors (Lipinski definition) is 4. The maximum absolute atomic E-state index is 11.7. The fourth-order valence-corrected chi connectivity index (χ4v) is 2.56. The maximum Gasteiger partial charge on any atom is 0.251 e. The quantitative estimate of drug-likeness (QED) is 0.741. The standard InChI is InChI=1S/C10H14BrN3O3S/c1-2-14-18(16,17)6-5-13-10(15)8-3-4-12-9(11)7-8/h3-4,7,14H,2,5-6H2,1H3,(H,13,15). The molecule has 8 heteroatoms. The minimum Gasteiger partial charge on any atom is -0.351 e. The van der Waals surface area contributed by atoms with Crippen molar-refractivity contribution in [1.82, 2.24) is 15.0 Å². The van der Waals surface area contributed by atoms with Crippen molar-refractivity contribution < 1.29 is 13.2 Å². The molecule has 1 heterocycles. The molecule has 6 nitrogen and oxygen atoms in total. The number of pyridine rings is 1. The summed E-state index contributed by atoms with van der Waals surface area (Å²) in [5.74, 6) is -0.469. The van der Waals surface area contributed by atoms with Crippen LogP contribution in [0.15, 0.2) is 22.9 Å². The van der Waals surface area contributed by atoms with Crippen LogP contribution in [0.3, 0.4) is 0 Å². The van der Waals surface area contributed by atoms with E-state index in [0.29, 0.717) is 16.7 Å². The van der Waals surface area contributed by atoms with Crippen LogP contribution in [0, 0.1) is 0 Å². The van der Waals surface area contributed by atoms with Crippen LogP contribution in [0.5, 0.6) is 0 Å². The molecule has 0 aromatic carbocycles. The van der Waals surface area contributed by atoms with E-state index in [1.807, 2.05) is 0 Å². The Morgan fingerprint density at radius 3 is 2.83 bits per heavy atom. The van der Waals surface area contributed by atoms with Crippen molar-refractivity contribution in [2.45, 2.75) is 6.92 Å². The Balaban J connectivity index is 2.48.